The number of ketones is 1. The number of thiophene rings is 1. The minimum absolute atomic E-state index is 0.0326. The third-order valence-corrected chi connectivity index (χ3v) is 9.38. The summed E-state index contributed by atoms with van der Waals surface area (Å²) in [7, 11) is 0. The van der Waals surface area contributed by atoms with E-state index in [4.69, 9.17) is 14.7 Å². The molecule has 0 atom stereocenters. The molecule has 0 radical (unpaired) electrons. The van der Waals surface area contributed by atoms with Gasteiger partial charge in [0.2, 0.25) is 5.91 Å². The number of rotatable bonds is 9. The summed E-state index contributed by atoms with van der Waals surface area (Å²) >= 11 is 1.75. The molecular formula is C33H34N8O3S. The molecule has 1 amide bonds. The van der Waals surface area contributed by atoms with Crippen molar-refractivity contribution in [2.75, 3.05) is 57.4 Å². The number of carbonyl (C=O) groups excluding carboxylic acids is 2. The first kappa shape index (κ1) is 29.2. The number of benzene rings is 1. The maximum Gasteiger partial charge on any atom is 0.223 e. The van der Waals surface area contributed by atoms with Crippen LogP contribution in [0.1, 0.15) is 23.3 Å². The van der Waals surface area contributed by atoms with Gasteiger partial charge >= 0.3 is 0 Å². The Morgan fingerprint density at radius 1 is 0.978 bits per heavy atom. The first-order valence-electron chi connectivity index (χ1n) is 15.3. The van der Waals surface area contributed by atoms with Crippen LogP contribution >= 0.6 is 11.3 Å². The molecule has 6 heterocycles. The monoisotopic (exact) mass is 622 g/mol. The molecular weight excluding hydrogens is 588 g/mol. The van der Waals surface area contributed by atoms with Crippen molar-refractivity contribution < 1.29 is 14.3 Å². The zero-order chi connectivity index (χ0) is 30.6. The van der Waals surface area contributed by atoms with Crippen molar-refractivity contribution in [3.8, 4) is 11.4 Å². The van der Waals surface area contributed by atoms with E-state index in [-0.39, 0.29) is 24.5 Å². The molecule has 2 saturated heterocycles. The van der Waals surface area contributed by atoms with Crippen LogP contribution in [-0.4, -0.2) is 99.1 Å². The molecule has 1 aromatic carbocycles. The largest absolute Gasteiger partial charge is 0.378 e. The number of nitrogens with one attached hydrogen (secondary N) is 1. The quantitative estimate of drug-likeness (QED) is 0.242. The second-order valence-corrected chi connectivity index (χ2v) is 12.4. The summed E-state index contributed by atoms with van der Waals surface area (Å²) in [5.74, 6) is 1.62. The van der Waals surface area contributed by atoms with Crippen molar-refractivity contribution in [3.63, 3.8) is 0 Å². The predicted octanol–water partition coefficient (Wildman–Crippen LogP) is 4.17. The number of piperazine rings is 1. The highest BCUT2D eigenvalue weighted by Crippen LogP contribution is 2.36. The number of anilines is 1. The third kappa shape index (κ3) is 6.63. The van der Waals surface area contributed by atoms with Crippen molar-refractivity contribution in [3.05, 3.63) is 71.5 Å². The van der Waals surface area contributed by atoms with Crippen molar-refractivity contribution >= 4 is 56.0 Å². The van der Waals surface area contributed by atoms with Gasteiger partial charge < -0.3 is 14.5 Å². The molecule has 2 aliphatic rings. The number of aromatic amines is 1. The van der Waals surface area contributed by atoms with E-state index < -0.39 is 0 Å². The molecule has 0 spiro atoms. The number of nitrogens with zero attached hydrogens (tertiary/aromatic N) is 7. The van der Waals surface area contributed by atoms with E-state index in [0.29, 0.717) is 32.1 Å². The molecule has 0 unspecified atom stereocenters. The molecule has 0 aliphatic carbocycles. The molecule has 230 valence electrons. The Morgan fingerprint density at radius 3 is 2.67 bits per heavy atom. The van der Waals surface area contributed by atoms with Crippen LogP contribution in [-0.2, 0) is 20.9 Å². The van der Waals surface area contributed by atoms with Crippen LogP contribution in [0.4, 0.5) is 5.82 Å². The number of hydrogen-bond donors (Lipinski definition) is 1. The number of fused-ring (bicyclic) bond motifs is 2. The lowest BCUT2D eigenvalue weighted by molar-refractivity contribution is -0.134. The van der Waals surface area contributed by atoms with Gasteiger partial charge in [0.15, 0.2) is 17.4 Å². The van der Waals surface area contributed by atoms with Gasteiger partial charge in [-0.3, -0.25) is 24.6 Å². The SMILES string of the molecule is O=C(C=Cc1cccnc1)CCC(=O)N1CCN(Cc2cc3nc(-c4cccc5[nH]ncc45)nc(N4CCOCC4)c3s2)CC1. The van der Waals surface area contributed by atoms with E-state index in [1.165, 1.54) is 11.0 Å². The summed E-state index contributed by atoms with van der Waals surface area (Å²) in [5, 5.41) is 8.27. The highest BCUT2D eigenvalue weighted by molar-refractivity contribution is 7.19. The van der Waals surface area contributed by atoms with Crippen LogP contribution in [0.25, 0.3) is 38.6 Å². The minimum Gasteiger partial charge on any atom is -0.378 e. The van der Waals surface area contributed by atoms with E-state index in [9.17, 15) is 9.59 Å². The van der Waals surface area contributed by atoms with Gasteiger partial charge in [-0.1, -0.05) is 18.2 Å². The second kappa shape index (κ2) is 13.2. The smallest absolute Gasteiger partial charge is 0.223 e. The normalized spacial score (nSPS) is 16.3. The number of hydrogen-bond acceptors (Lipinski definition) is 10. The molecule has 2 aliphatic heterocycles. The average molecular weight is 623 g/mol. The Kier molecular flexibility index (Phi) is 8.58. The Balaban J connectivity index is 1.01. The van der Waals surface area contributed by atoms with Crippen LogP contribution in [0.2, 0.25) is 0 Å². The van der Waals surface area contributed by atoms with Gasteiger partial charge in [-0.25, -0.2) is 9.97 Å². The highest BCUT2D eigenvalue weighted by atomic mass is 32.1. The standard InChI is InChI=1S/C33H34N8O3S/c42-24(7-6-23-3-2-10-34-20-23)8-9-30(43)40-13-11-39(12-14-40)22-25-19-29-31(45-25)33(41-15-17-44-18-16-41)37-32(36-29)26-4-1-5-28-27(26)21-35-38-28/h1-7,10,19-21H,8-9,11-18,22H2,(H,35,38). The fourth-order valence-corrected chi connectivity index (χ4v) is 6.98. The summed E-state index contributed by atoms with van der Waals surface area (Å²) in [4.78, 5) is 47.1. The zero-order valence-electron chi connectivity index (χ0n) is 24.9. The minimum atomic E-state index is -0.0558. The summed E-state index contributed by atoms with van der Waals surface area (Å²) in [6.45, 7) is 6.59. The molecule has 5 aromatic rings. The van der Waals surface area contributed by atoms with Gasteiger partial charge in [-0.2, -0.15) is 5.10 Å². The lowest BCUT2D eigenvalue weighted by atomic mass is 10.1. The number of ether oxygens (including phenoxy) is 1. The topological polar surface area (TPSA) is 120 Å². The summed E-state index contributed by atoms with van der Waals surface area (Å²) in [5.41, 5.74) is 3.72. The van der Waals surface area contributed by atoms with E-state index in [1.807, 2.05) is 41.4 Å². The Labute approximate surface area is 264 Å². The lowest BCUT2D eigenvalue weighted by Crippen LogP contribution is -2.48. The first-order valence-corrected chi connectivity index (χ1v) is 16.1. The van der Waals surface area contributed by atoms with E-state index in [0.717, 1.165) is 70.8 Å². The Bertz CT molecular complexity index is 1840. The van der Waals surface area contributed by atoms with Gasteiger partial charge in [-0.15, -0.1) is 11.3 Å². The van der Waals surface area contributed by atoms with Crippen molar-refractivity contribution in [2.45, 2.75) is 19.4 Å². The maximum atomic E-state index is 12.8. The van der Waals surface area contributed by atoms with Crippen molar-refractivity contribution in [1.82, 2.24) is 34.9 Å². The van der Waals surface area contributed by atoms with Gasteiger partial charge in [0, 0.05) is 86.9 Å². The molecule has 0 saturated carbocycles. The predicted molar refractivity (Wildman–Crippen MR) is 175 cm³/mol. The molecule has 1 N–H and O–H groups in total. The molecule has 11 nitrogen and oxygen atoms in total. The molecule has 2 fully saturated rings. The number of allylic oxidation sites excluding steroid dienone is 1. The van der Waals surface area contributed by atoms with Crippen LogP contribution in [0, 0.1) is 0 Å². The highest BCUT2D eigenvalue weighted by Gasteiger charge is 2.24. The van der Waals surface area contributed by atoms with Gasteiger partial charge in [0.25, 0.3) is 0 Å². The number of carbonyl (C=O) groups is 2. The molecule has 7 rings (SSSR count). The van der Waals surface area contributed by atoms with Crippen molar-refractivity contribution in [2.24, 2.45) is 0 Å². The zero-order valence-corrected chi connectivity index (χ0v) is 25.7. The van der Waals surface area contributed by atoms with E-state index >= 15 is 0 Å². The maximum absolute atomic E-state index is 12.8. The summed E-state index contributed by atoms with van der Waals surface area (Å²) in [6, 6.07) is 12.0. The fraction of sp³-hybridized carbons (Fsp3) is 0.333. The number of H-pyrrole nitrogens is 1. The fourth-order valence-electron chi connectivity index (χ4n) is 5.83. The van der Waals surface area contributed by atoms with E-state index in [1.54, 1.807) is 29.8 Å². The molecule has 4 aromatic heterocycles. The van der Waals surface area contributed by atoms with E-state index in [2.05, 4.69) is 31.0 Å². The van der Waals surface area contributed by atoms with Crippen LogP contribution in [0.15, 0.2) is 61.1 Å². The van der Waals surface area contributed by atoms with Gasteiger partial charge in [0.1, 0.15) is 0 Å². The Morgan fingerprint density at radius 2 is 1.84 bits per heavy atom. The van der Waals surface area contributed by atoms with Crippen LogP contribution in [0.5, 0.6) is 0 Å². The van der Waals surface area contributed by atoms with Crippen LogP contribution < -0.4 is 4.90 Å². The second-order valence-electron chi connectivity index (χ2n) is 11.3. The number of aromatic nitrogens is 5. The molecule has 45 heavy (non-hydrogen) atoms. The summed E-state index contributed by atoms with van der Waals surface area (Å²) in [6.07, 6.45) is 8.92. The molecule has 0 bridgehead atoms. The van der Waals surface area contributed by atoms with Gasteiger partial charge in [0.05, 0.1) is 35.1 Å². The number of morpholine rings is 1. The number of pyridine rings is 1. The lowest BCUT2D eigenvalue weighted by Gasteiger charge is -2.34. The first-order chi connectivity index (χ1) is 22.1. The number of amides is 1. The summed E-state index contributed by atoms with van der Waals surface area (Å²) < 4.78 is 6.72. The molecule has 12 heteroatoms. The average Bonchev–Trinajstić information content (AvgIpc) is 3.74. The Hall–Kier alpha value is -4.52. The van der Waals surface area contributed by atoms with Gasteiger partial charge in [-0.05, 0) is 35.9 Å². The van der Waals surface area contributed by atoms with Crippen molar-refractivity contribution in [1.29, 1.82) is 0 Å². The third-order valence-electron chi connectivity index (χ3n) is 8.28. The van der Waals surface area contributed by atoms with Crippen LogP contribution in [0.3, 0.4) is 0 Å².